The molecule has 4 saturated carbocycles. The van der Waals surface area contributed by atoms with Gasteiger partial charge in [-0.2, -0.15) is 0 Å². The van der Waals surface area contributed by atoms with Crippen LogP contribution < -0.4 is 0 Å². The van der Waals surface area contributed by atoms with Gasteiger partial charge < -0.3 is 54.0 Å². The summed E-state index contributed by atoms with van der Waals surface area (Å²) in [6, 6.07) is 17.7. The van der Waals surface area contributed by atoms with Gasteiger partial charge in [0.15, 0.2) is 0 Å². The summed E-state index contributed by atoms with van der Waals surface area (Å²) in [7, 11) is 0. The van der Waals surface area contributed by atoms with Crippen LogP contribution in [0.3, 0.4) is 0 Å². The van der Waals surface area contributed by atoms with Crippen LogP contribution in [-0.2, 0) is 39.2 Å². The van der Waals surface area contributed by atoms with Crippen molar-refractivity contribution in [3.8, 4) is 0 Å². The fourth-order valence-corrected chi connectivity index (χ4v) is 13.3. The van der Waals surface area contributed by atoms with E-state index in [1.807, 2.05) is 38.1 Å². The molecule has 8 fully saturated rings. The highest BCUT2D eigenvalue weighted by Crippen LogP contribution is 2.75. The van der Waals surface area contributed by atoms with Crippen LogP contribution in [0.1, 0.15) is 69.3 Å². The van der Waals surface area contributed by atoms with Crippen LogP contribution in [-0.4, -0.2) is 109 Å². The zero-order valence-corrected chi connectivity index (χ0v) is 33.6. The average molecular weight is 815 g/mol. The molecular weight excluding hydrogens is 760 g/mol. The smallest absolute Gasteiger partial charge is 0.338 e. The Morgan fingerprint density at radius 2 is 1.58 bits per heavy atom. The topological polar surface area (TPSA) is 194 Å². The Hall–Kier alpha value is -3.50. The van der Waals surface area contributed by atoms with Crippen molar-refractivity contribution in [2.24, 2.45) is 41.4 Å². The van der Waals surface area contributed by atoms with E-state index in [2.05, 4.69) is 6.92 Å². The highest BCUT2D eigenvalue weighted by atomic mass is 16.9. The minimum absolute atomic E-state index is 0.102. The summed E-state index contributed by atoms with van der Waals surface area (Å²) in [6.45, 7) is 6.66. The third-order valence-electron chi connectivity index (χ3n) is 16.2. The van der Waals surface area contributed by atoms with E-state index in [1.54, 1.807) is 55.5 Å². The molecule has 10 aliphatic rings. The second-order valence-electron chi connectivity index (χ2n) is 19.0. The Labute approximate surface area is 342 Å². The zero-order valence-electron chi connectivity index (χ0n) is 33.6. The molecule has 0 amide bonds. The average Bonchev–Trinajstić information content (AvgIpc) is 3.79. The van der Waals surface area contributed by atoms with Crippen LogP contribution in [0.5, 0.6) is 0 Å². The van der Waals surface area contributed by atoms with Gasteiger partial charge in [-0.3, -0.25) is 0 Å². The quantitative estimate of drug-likeness (QED) is 0.223. The lowest BCUT2D eigenvalue weighted by atomic mass is 9.49. The number of hydrogen-bond acceptors (Lipinski definition) is 13. The molecule has 6 heterocycles. The van der Waals surface area contributed by atoms with Gasteiger partial charge in [-0.25, -0.2) is 9.59 Å². The molecule has 13 nitrogen and oxygen atoms in total. The Morgan fingerprint density at radius 3 is 2.29 bits per heavy atom. The molecule has 4 aliphatic carbocycles. The molecule has 19 atom stereocenters. The number of epoxide rings is 1. The number of carbonyl (C=O) groups excluding carboxylic acids is 2. The maximum absolute atomic E-state index is 13.7. The molecule has 0 aromatic heterocycles. The van der Waals surface area contributed by atoms with Crippen molar-refractivity contribution in [1.82, 2.24) is 0 Å². The molecule has 5 N–H and O–H groups in total. The molecule has 4 saturated heterocycles. The van der Waals surface area contributed by atoms with Gasteiger partial charge >= 0.3 is 17.9 Å². The zero-order chi connectivity index (χ0) is 41.5. The lowest BCUT2D eigenvalue weighted by molar-refractivity contribution is -0.595. The second-order valence-corrected chi connectivity index (χ2v) is 19.0. The van der Waals surface area contributed by atoms with Gasteiger partial charge in [0, 0.05) is 35.3 Å². The minimum Gasteiger partial charge on any atom is -0.456 e. The molecule has 316 valence electrons. The largest absolute Gasteiger partial charge is 0.456 e. The number of aliphatic hydroxyl groups is 5. The first-order valence-corrected chi connectivity index (χ1v) is 21.2. The minimum atomic E-state index is -2.22. The number of fused-ring (bicyclic) bond motifs is 6. The molecule has 13 heteroatoms. The summed E-state index contributed by atoms with van der Waals surface area (Å²) < 4.78 is 39.7. The molecule has 1 unspecified atom stereocenters. The molecule has 6 aliphatic heterocycles. The first-order valence-electron chi connectivity index (χ1n) is 21.2. The highest BCUT2D eigenvalue weighted by molar-refractivity contribution is 5.89. The molecule has 2 aromatic rings. The van der Waals surface area contributed by atoms with E-state index in [1.165, 1.54) is 12.2 Å². The number of hydrogen-bond donors (Lipinski definition) is 5. The standard InChI is InChI=1S/C46H54O13/c1-24-21-32-43(52)35(24)55-33(48)18-12-11-17-31(54-39(49)27-13-7-5-8-14-27)30-20-19-28(25(30)2)22-41(4,51)45(53)36-26(3)44(32)34(37-42(23-47,56-37)40(43)50)38(45)58-46(57-36,59-44)29-15-9-6-10-16-29/h5-18,24-26,28,30-32,34-38,40,47,50-53H,19-23H2,1-4H3/b17-11-,18-12?/t24-,25?,26+,28+,30-,31+,32+,34-,35-,36-,37-,38+,40+,41+,42-,43+,44-,45-,46-/m0/s1. The van der Waals surface area contributed by atoms with Crippen LogP contribution >= 0.6 is 0 Å². The SMILES string of the molecule is CC1[C@@H]2CC[C@@H]1[C@H](OC(=O)c1ccccc1)/C=C\C=CC(=O)O[C@H]1[C@@H](C)C[C@@H]3[C@]1(O)[C@H](O)[C@@]1(CO)O[C@H]1[C@H]1[C@H]4O[C@]5(c6ccccc6)O[C@@H]([C@@H](C)[C@@]13O5)[C@@]4(O)[C@](C)(O)C2. The van der Waals surface area contributed by atoms with Crippen molar-refractivity contribution in [2.75, 3.05) is 6.61 Å². The van der Waals surface area contributed by atoms with E-state index in [4.69, 9.17) is 28.4 Å². The Bertz CT molecular complexity index is 2060. The molecule has 59 heavy (non-hydrogen) atoms. The summed E-state index contributed by atoms with van der Waals surface area (Å²) in [5.41, 5.74) is -8.50. The van der Waals surface area contributed by atoms with E-state index in [0.717, 1.165) is 0 Å². The molecule has 2 aromatic carbocycles. The normalized spacial score (nSPS) is 52.2. The van der Waals surface area contributed by atoms with Crippen molar-refractivity contribution >= 4 is 11.9 Å². The van der Waals surface area contributed by atoms with E-state index in [0.29, 0.717) is 24.0 Å². The lowest BCUT2D eigenvalue weighted by Gasteiger charge is -2.74. The number of aliphatic hydroxyl groups excluding tert-OH is 2. The number of esters is 2. The number of ether oxygens (including phenoxy) is 6. The molecule has 12 rings (SSSR count). The van der Waals surface area contributed by atoms with Crippen LogP contribution in [0.2, 0.25) is 0 Å². The van der Waals surface area contributed by atoms with Crippen LogP contribution in [0.25, 0.3) is 0 Å². The lowest BCUT2D eigenvalue weighted by Crippen LogP contribution is -2.89. The highest BCUT2D eigenvalue weighted by Gasteiger charge is 2.91. The number of rotatable bonds is 4. The molecule has 11 bridgehead atoms. The van der Waals surface area contributed by atoms with E-state index in [-0.39, 0.29) is 30.6 Å². The van der Waals surface area contributed by atoms with Gasteiger partial charge in [0.1, 0.15) is 53.4 Å². The maximum Gasteiger partial charge on any atom is 0.338 e. The van der Waals surface area contributed by atoms with E-state index in [9.17, 15) is 35.1 Å². The number of carbonyl (C=O) groups is 2. The van der Waals surface area contributed by atoms with Gasteiger partial charge in [0.25, 0.3) is 0 Å². The van der Waals surface area contributed by atoms with Crippen molar-refractivity contribution in [1.29, 1.82) is 0 Å². The predicted molar refractivity (Wildman–Crippen MR) is 207 cm³/mol. The van der Waals surface area contributed by atoms with Gasteiger partial charge in [0.2, 0.25) is 0 Å². The third kappa shape index (κ3) is 5.17. The van der Waals surface area contributed by atoms with Gasteiger partial charge in [0.05, 0.1) is 23.4 Å². The predicted octanol–water partition coefficient (Wildman–Crippen LogP) is 3.31. The Kier molecular flexibility index (Phi) is 8.90. The fourth-order valence-electron chi connectivity index (χ4n) is 13.3. The molecular formula is C46H54O13. The van der Waals surface area contributed by atoms with Crippen molar-refractivity contribution in [3.05, 3.63) is 96.1 Å². The fraction of sp³-hybridized carbons (Fsp3) is 0.609. The molecule has 0 radical (unpaired) electrons. The first kappa shape index (κ1) is 39.6. The van der Waals surface area contributed by atoms with Crippen molar-refractivity contribution in [2.45, 2.75) is 124 Å². The van der Waals surface area contributed by atoms with Crippen LogP contribution in [0.15, 0.2) is 85.0 Å². The first-order chi connectivity index (χ1) is 28.1. The van der Waals surface area contributed by atoms with Crippen LogP contribution in [0, 0.1) is 41.4 Å². The summed E-state index contributed by atoms with van der Waals surface area (Å²) >= 11 is 0. The number of allylic oxidation sites excluding steroid dienone is 2. The summed E-state index contributed by atoms with van der Waals surface area (Å²) in [4.78, 5) is 27.2. The Morgan fingerprint density at radius 1 is 0.881 bits per heavy atom. The van der Waals surface area contributed by atoms with Crippen LogP contribution in [0.4, 0.5) is 0 Å². The van der Waals surface area contributed by atoms with Crippen molar-refractivity contribution < 1.29 is 63.5 Å². The second kappa shape index (κ2) is 13.3. The van der Waals surface area contributed by atoms with Crippen molar-refractivity contribution in [3.63, 3.8) is 0 Å². The summed E-state index contributed by atoms with van der Waals surface area (Å²) in [5.74, 6) is -6.79. The van der Waals surface area contributed by atoms with E-state index < -0.39 is 113 Å². The summed E-state index contributed by atoms with van der Waals surface area (Å²) in [6.07, 6.45) is 0.608. The monoisotopic (exact) mass is 814 g/mol. The van der Waals surface area contributed by atoms with Gasteiger partial charge in [-0.05, 0) is 68.6 Å². The van der Waals surface area contributed by atoms with Gasteiger partial charge in [-0.15, -0.1) is 0 Å². The molecule has 1 spiro atoms. The Balaban J connectivity index is 1.14. The third-order valence-corrected chi connectivity index (χ3v) is 16.2. The maximum atomic E-state index is 13.7. The summed E-state index contributed by atoms with van der Waals surface area (Å²) in [5, 5.41) is 63.4. The van der Waals surface area contributed by atoms with E-state index >= 15 is 0 Å². The number of benzene rings is 2. The van der Waals surface area contributed by atoms with Gasteiger partial charge in [-0.1, -0.05) is 81.5 Å².